The van der Waals surface area contributed by atoms with Crippen LogP contribution in [0.1, 0.15) is 25.7 Å². The van der Waals surface area contributed by atoms with Gasteiger partial charge in [-0.25, -0.2) is 4.39 Å². The molecule has 1 radical (unpaired) electrons. The van der Waals surface area contributed by atoms with Gasteiger partial charge in [0.15, 0.2) is 0 Å². The van der Waals surface area contributed by atoms with Gasteiger partial charge in [-0.3, -0.25) is 0 Å². The Labute approximate surface area is 83.9 Å². The zero-order valence-corrected chi connectivity index (χ0v) is 8.13. The fourth-order valence-electron chi connectivity index (χ4n) is 1.90. The van der Waals surface area contributed by atoms with Crippen LogP contribution in [0.15, 0.2) is 18.2 Å². The summed E-state index contributed by atoms with van der Waals surface area (Å²) in [7, 11) is 0. The summed E-state index contributed by atoms with van der Waals surface area (Å²) in [6.07, 6.45) is 5.12. The van der Waals surface area contributed by atoms with Gasteiger partial charge < -0.3 is 4.74 Å². The maximum atomic E-state index is 12.7. The molecule has 0 aromatic heterocycles. The predicted octanol–water partition coefficient (Wildman–Crippen LogP) is 3.19. The summed E-state index contributed by atoms with van der Waals surface area (Å²) < 4.78 is 18.2. The SMILES string of the molecule is Fc1[c]ccc(OCC2CCCC2)c1. The molecule has 0 atom stereocenters. The third-order valence-electron chi connectivity index (χ3n) is 2.70. The number of hydrogen-bond acceptors (Lipinski definition) is 1. The molecule has 0 N–H and O–H groups in total. The van der Waals surface area contributed by atoms with E-state index in [4.69, 9.17) is 4.74 Å². The molecule has 1 nitrogen and oxygen atoms in total. The lowest BCUT2D eigenvalue weighted by Gasteiger charge is -2.10. The van der Waals surface area contributed by atoms with Gasteiger partial charge in [-0.05, 0) is 30.9 Å². The molecule has 1 fully saturated rings. The average molecular weight is 193 g/mol. The molecule has 1 aromatic carbocycles. The molecule has 0 amide bonds. The Bertz CT molecular complexity index is 292. The summed E-state index contributed by atoms with van der Waals surface area (Å²) in [6, 6.07) is 7.14. The Morgan fingerprint density at radius 3 is 2.93 bits per heavy atom. The van der Waals surface area contributed by atoms with E-state index in [1.165, 1.54) is 31.7 Å². The van der Waals surface area contributed by atoms with Crippen molar-refractivity contribution in [2.24, 2.45) is 5.92 Å². The van der Waals surface area contributed by atoms with Crippen molar-refractivity contribution < 1.29 is 9.13 Å². The summed E-state index contributed by atoms with van der Waals surface area (Å²) >= 11 is 0. The summed E-state index contributed by atoms with van der Waals surface area (Å²) in [5.41, 5.74) is 0. The first-order valence-corrected chi connectivity index (χ1v) is 5.14. The minimum absolute atomic E-state index is 0.353. The molecule has 0 spiro atoms. The van der Waals surface area contributed by atoms with Gasteiger partial charge >= 0.3 is 0 Å². The van der Waals surface area contributed by atoms with Crippen molar-refractivity contribution in [1.82, 2.24) is 0 Å². The summed E-state index contributed by atoms with van der Waals surface area (Å²) in [4.78, 5) is 0. The Morgan fingerprint density at radius 1 is 1.43 bits per heavy atom. The van der Waals surface area contributed by atoms with Crippen LogP contribution >= 0.6 is 0 Å². The first kappa shape index (κ1) is 9.50. The molecule has 75 valence electrons. The molecule has 1 aliphatic carbocycles. The summed E-state index contributed by atoms with van der Waals surface area (Å²) in [5, 5.41) is 0. The lowest BCUT2D eigenvalue weighted by molar-refractivity contribution is 0.251. The molecule has 0 saturated heterocycles. The second kappa shape index (κ2) is 4.45. The topological polar surface area (TPSA) is 9.23 Å². The third-order valence-corrected chi connectivity index (χ3v) is 2.70. The van der Waals surface area contributed by atoms with Gasteiger partial charge in [0.1, 0.15) is 11.6 Å². The first-order chi connectivity index (χ1) is 6.84. The van der Waals surface area contributed by atoms with Gasteiger partial charge in [0.05, 0.1) is 6.61 Å². The fraction of sp³-hybridized carbons (Fsp3) is 0.500. The highest BCUT2D eigenvalue weighted by atomic mass is 19.1. The van der Waals surface area contributed by atoms with Crippen LogP contribution in [0.2, 0.25) is 0 Å². The van der Waals surface area contributed by atoms with Crippen molar-refractivity contribution in [3.05, 3.63) is 30.1 Å². The molecule has 14 heavy (non-hydrogen) atoms. The normalized spacial score (nSPS) is 17.2. The van der Waals surface area contributed by atoms with Crippen LogP contribution in [-0.2, 0) is 0 Å². The first-order valence-electron chi connectivity index (χ1n) is 5.14. The minimum Gasteiger partial charge on any atom is -0.493 e. The van der Waals surface area contributed by atoms with E-state index in [0.29, 0.717) is 11.7 Å². The van der Waals surface area contributed by atoms with Gasteiger partial charge in [0.2, 0.25) is 0 Å². The second-order valence-corrected chi connectivity index (χ2v) is 3.83. The van der Waals surface area contributed by atoms with Gasteiger partial charge in [-0.15, -0.1) is 0 Å². The van der Waals surface area contributed by atoms with Gasteiger partial charge in [0, 0.05) is 12.1 Å². The van der Waals surface area contributed by atoms with Gasteiger partial charge in [-0.1, -0.05) is 12.8 Å². The maximum Gasteiger partial charge on any atom is 0.134 e. The molecule has 0 aliphatic heterocycles. The van der Waals surface area contributed by atoms with Crippen LogP contribution in [0.5, 0.6) is 5.75 Å². The van der Waals surface area contributed by atoms with Crippen LogP contribution < -0.4 is 4.74 Å². The minimum atomic E-state index is -0.353. The molecule has 0 bridgehead atoms. The van der Waals surface area contributed by atoms with Crippen LogP contribution in [-0.4, -0.2) is 6.61 Å². The van der Waals surface area contributed by atoms with E-state index in [2.05, 4.69) is 6.07 Å². The Hall–Kier alpha value is -1.05. The van der Waals surface area contributed by atoms with Crippen LogP contribution in [0, 0.1) is 17.8 Å². The molecule has 1 saturated carbocycles. The summed E-state index contributed by atoms with van der Waals surface area (Å²) in [5.74, 6) is 0.935. The molecule has 1 aliphatic rings. The standard InChI is InChI=1S/C12H14FO/c13-11-6-3-7-12(8-11)14-9-10-4-1-2-5-10/h3,7-8,10H,1-2,4-5,9H2. The Balaban J connectivity index is 1.85. The maximum absolute atomic E-state index is 12.7. The molecular weight excluding hydrogens is 179 g/mol. The van der Waals surface area contributed by atoms with E-state index in [1.807, 2.05) is 0 Å². The van der Waals surface area contributed by atoms with E-state index in [1.54, 1.807) is 12.1 Å². The van der Waals surface area contributed by atoms with Gasteiger partial charge in [-0.2, -0.15) is 0 Å². The van der Waals surface area contributed by atoms with E-state index in [9.17, 15) is 4.39 Å². The zero-order valence-electron chi connectivity index (χ0n) is 8.13. The van der Waals surface area contributed by atoms with Crippen molar-refractivity contribution >= 4 is 0 Å². The van der Waals surface area contributed by atoms with Gasteiger partial charge in [0.25, 0.3) is 0 Å². The van der Waals surface area contributed by atoms with Crippen molar-refractivity contribution in [1.29, 1.82) is 0 Å². The number of rotatable bonds is 3. The third kappa shape index (κ3) is 2.47. The highest BCUT2D eigenvalue weighted by molar-refractivity contribution is 5.21. The highest BCUT2D eigenvalue weighted by Gasteiger charge is 2.15. The molecule has 2 rings (SSSR count). The predicted molar refractivity (Wildman–Crippen MR) is 52.7 cm³/mol. The molecule has 2 heteroatoms. The highest BCUT2D eigenvalue weighted by Crippen LogP contribution is 2.25. The van der Waals surface area contributed by atoms with E-state index >= 15 is 0 Å². The number of halogens is 1. The lowest BCUT2D eigenvalue weighted by atomic mass is 10.1. The molecule has 0 heterocycles. The second-order valence-electron chi connectivity index (χ2n) is 3.83. The van der Waals surface area contributed by atoms with E-state index < -0.39 is 0 Å². The number of hydrogen-bond donors (Lipinski definition) is 0. The quantitative estimate of drug-likeness (QED) is 0.716. The van der Waals surface area contributed by atoms with Crippen molar-refractivity contribution in [2.45, 2.75) is 25.7 Å². The van der Waals surface area contributed by atoms with Crippen molar-refractivity contribution in [2.75, 3.05) is 6.61 Å². The monoisotopic (exact) mass is 193 g/mol. The lowest BCUT2D eigenvalue weighted by Crippen LogP contribution is -2.07. The largest absolute Gasteiger partial charge is 0.493 e. The average Bonchev–Trinajstić information content (AvgIpc) is 2.67. The number of ether oxygens (including phenoxy) is 1. The van der Waals surface area contributed by atoms with Crippen LogP contribution in [0.3, 0.4) is 0 Å². The fourth-order valence-corrected chi connectivity index (χ4v) is 1.90. The van der Waals surface area contributed by atoms with Crippen molar-refractivity contribution in [3.63, 3.8) is 0 Å². The molecule has 0 unspecified atom stereocenters. The molecular formula is C12H14FO. The van der Waals surface area contributed by atoms with Crippen LogP contribution in [0.4, 0.5) is 4.39 Å². The van der Waals surface area contributed by atoms with Crippen molar-refractivity contribution in [3.8, 4) is 5.75 Å². The summed E-state index contributed by atoms with van der Waals surface area (Å²) in [6.45, 7) is 0.726. The Morgan fingerprint density at radius 2 is 2.21 bits per heavy atom. The zero-order chi connectivity index (χ0) is 9.80. The van der Waals surface area contributed by atoms with Crippen LogP contribution in [0.25, 0.3) is 0 Å². The van der Waals surface area contributed by atoms with E-state index in [-0.39, 0.29) is 5.82 Å². The number of benzene rings is 1. The van der Waals surface area contributed by atoms with E-state index in [0.717, 1.165) is 6.61 Å². The Kier molecular flexibility index (Phi) is 3.02. The smallest absolute Gasteiger partial charge is 0.134 e. The molecule has 1 aromatic rings.